The lowest BCUT2D eigenvalue weighted by Crippen LogP contribution is -2.44. The Balaban J connectivity index is 1.67. The number of esters is 1. The Morgan fingerprint density at radius 1 is 1.39 bits per heavy atom. The molecule has 3 rings (SSSR count). The molecule has 2 N–H and O–H groups in total. The number of carbonyl (C=O) groups excluding carboxylic acids is 2. The number of rotatable bonds is 7. The molecule has 1 unspecified atom stereocenters. The van der Waals surface area contributed by atoms with Gasteiger partial charge in [-0.05, 0) is 19.3 Å². The molecule has 0 radical (unpaired) electrons. The Hall–Kier alpha value is -2.08. The average molecular weight is 430 g/mol. The Morgan fingerprint density at radius 3 is 2.86 bits per heavy atom. The quantitative estimate of drug-likeness (QED) is 0.458. The first-order chi connectivity index (χ1) is 13.3. The minimum absolute atomic E-state index is 0.0626. The summed E-state index contributed by atoms with van der Waals surface area (Å²) in [5, 5.41) is 14.2. The molecule has 10 nitrogen and oxygen atoms in total. The SMILES string of the molecule is CCOC(=O)C1=C(CSc2nnc(CC3CCS(=O)(=O)C3)n2C)NC(=O)NC1. The van der Waals surface area contributed by atoms with E-state index in [-0.39, 0.29) is 36.6 Å². The van der Waals surface area contributed by atoms with E-state index < -0.39 is 15.8 Å². The number of nitrogens with zero attached hydrogens (tertiary/aromatic N) is 3. The number of nitrogens with one attached hydrogen (secondary N) is 2. The first-order valence-corrected chi connectivity index (χ1v) is 11.7. The van der Waals surface area contributed by atoms with Gasteiger partial charge in [-0.15, -0.1) is 10.2 Å². The number of hydrogen-bond donors (Lipinski definition) is 2. The van der Waals surface area contributed by atoms with Gasteiger partial charge in [0, 0.05) is 24.9 Å². The van der Waals surface area contributed by atoms with Crippen molar-refractivity contribution in [2.75, 3.05) is 30.4 Å². The van der Waals surface area contributed by atoms with Crippen LogP contribution in [0.5, 0.6) is 0 Å². The summed E-state index contributed by atoms with van der Waals surface area (Å²) in [5.74, 6) is 1.07. The van der Waals surface area contributed by atoms with E-state index in [1.54, 1.807) is 6.92 Å². The van der Waals surface area contributed by atoms with E-state index in [2.05, 4.69) is 20.8 Å². The van der Waals surface area contributed by atoms with Crippen LogP contribution >= 0.6 is 11.8 Å². The van der Waals surface area contributed by atoms with Crippen molar-refractivity contribution in [2.24, 2.45) is 13.0 Å². The molecule has 28 heavy (non-hydrogen) atoms. The fourth-order valence-corrected chi connectivity index (χ4v) is 5.92. The lowest BCUT2D eigenvalue weighted by Gasteiger charge is -2.20. The maximum Gasteiger partial charge on any atom is 0.337 e. The van der Waals surface area contributed by atoms with Crippen LogP contribution in [0.3, 0.4) is 0 Å². The highest BCUT2D eigenvalue weighted by Crippen LogP contribution is 2.25. The van der Waals surface area contributed by atoms with Gasteiger partial charge in [-0.25, -0.2) is 18.0 Å². The first kappa shape index (κ1) is 20.6. The number of thioether (sulfide) groups is 1. The number of amides is 2. The molecule has 2 aliphatic rings. The van der Waals surface area contributed by atoms with Crippen LogP contribution in [0.1, 0.15) is 19.2 Å². The van der Waals surface area contributed by atoms with Gasteiger partial charge in [-0.2, -0.15) is 0 Å². The van der Waals surface area contributed by atoms with E-state index in [0.717, 1.165) is 5.82 Å². The number of carbonyl (C=O) groups is 2. The second-order valence-electron chi connectivity index (χ2n) is 6.70. The third kappa shape index (κ3) is 4.85. The highest BCUT2D eigenvalue weighted by Gasteiger charge is 2.29. The predicted molar refractivity (Wildman–Crippen MR) is 102 cm³/mol. The zero-order valence-corrected chi connectivity index (χ0v) is 17.4. The van der Waals surface area contributed by atoms with Crippen LogP contribution in [0.25, 0.3) is 0 Å². The molecule has 0 bridgehead atoms. The van der Waals surface area contributed by atoms with Crippen LogP contribution in [-0.4, -0.2) is 65.6 Å². The lowest BCUT2D eigenvalue weighted by atomic mass is 10.1. The third-order valence-electron chi connectivity index (χ3n) is 4.64. The van der Waals surface area contributed by atoms with Gasteiger partial charge in [0.05, 0.1) is 30.2 Å². The van der Waals surface area contributed by atoms with E-state index in [1.807, 2.05) is 11.6 Å². The number of urea groups is 1. The fourth-order valence-electron chi connectivity index (χ4n) is 3.15. The Kier molecular flexibility index (Phi) is 6.28. The summed E-state index contributed by atoms with van der Waals surface area (Å²) in [6.07, 6.45) is 1.20. The summed E-state index contributed by atoms with van der Waals surface area (Å²) in [4.78, 5) is 23.7. The number of aromatic nitrogens is 3. The summed E-state index contributed by atoms with van der Waals surface area (Å²) >= 11 is 1.34. The first-order valence-electron chi connectivity index (χ1n) is 8.94. The maximum atomic E-state index is 12.1. The summed E-state index contributed by atoms with van der Waals surface area (Å²) in [7, 11) is -1.11. The molecule has 12 heteroatoms. The van der Waals surface area contributed by atoms with Crippen LogP contribution in [0.2, 0.25) is 0 Å². The van der Waals surface area contributed by atoms with E-state index >= 15 is 0 Å². The number of sulfone groups is 1. The van der Waals surface area contributed by atoms with Gasteiger partial charge in [-0.1, -0.05) is 11.8 Å². The molecule has 1 fully saturated rings. The monoisotopic (exact) mass is 429 g/mol. The second kappa shape index (κ2) is 8.52. The highest BCUT2D eigenvalue weighted by molar-refractivity contribution is 7.99. The van der Waals surface area contributed by atoms with Crippen molar-refractivity contribution in [3.05, 3.63) is 17.1 Å². The fraction of sp³-hybridized carbons (Fsp3) is 0.625. The molecule has 3 heterocycles. The van der Waals surface area contributed by atoms with Crippen molar-refractivity contribution < 1.29 is 22.7 Å². The van der Waals surface area contributed by atoms with Gasteiger partial charge in [0.2, 0.25) is 0 Å². The number of ether oxygens (including phenoxy) is 1. The van der Waals surface area contributed by atoms with Crippen molar-refractivity contribution in [3.8, 4) is 0 Å². The molecule has 1 aromatic rings. The summed E-state index contributed by atoms with van der Waals surface area (Å²) in [6, 6.07) is -0.371. The smallest absolute Gasteiger partial charge is 0.337 e. The van der Waals surface area contributed by atoms with Crippen LogP contribution in [0.4, 0.5) is 4.79 Å². The molecule has 0 saturated carbocycles. The molecule has 0 aromatic carbocycles. The average Bonchev–Trinajstić information content (AvgIpc) is 3.16. The minimum Gasteiger partial charge on any atom is -0.463 e. The van der Waals surface area contributed by atoms with Crippen LogP contribution in [-0.2, 0) is 32.8 Å². The second-order valence-corrected chi connectivity index (χ2v) is 9.88. The predicted octanol–water partition coefficient (Wildman–Crippen LogP) is 0.0144. The Labute approximate surface area is 167 Å². The van der Waals surface area contributed by atoms with Crippen LogP contribution < -0.4 is 10.6 Å². The van der Waals surface area contributed by atoms with Gasteiger partial charge in [0.1, 0.15) is 5.82 Å². The summed E-state index contributed by atoms with van der Waals surface area (Å²) < 4.78 is 30.1. The molecule has 1 atom stereocenters. The zero-order chi connectivity index (χ0) is 20.3. The topological polar surface area (TPSA) is 132 Å². The Bertz CT molecular complexity index is 909. The van der Waals surface area contributed by atoms with Crippen molar-refractivity contribution in [1.29, 1.82) is 0 Å². The standard InChI is InChI=1S/C16H23N5O5S2/c1-3-26-14(22)11-7-17-15(23)18-12(11)8-27-16-20-19-13(21(16)2)6-10-4-5-28(24,25)9-10/h10H,3-9H2,1-2H3,(H2,17,18,23). The van der Waals surface area contributed by atoms with Crippen LogP contribution in [0, 0.1) is 5.92 Å². The largest absolute Gasteiger partial charge is 0.463 e. The number of hydrogen-bond acceptors (Lipinski definition) is 8. The molecule has 1 saturated heterocycles. The molecule has 2 amide bonds. The molecular formula is C16H23N5O5S2. The Morgan fingerprint density at radius 2 is 2.18 bits per heavy atom. The lowest BCUT2D eigenvalue weighted by molar-refractivity contribution is -0.138. The zero-order valence-electron chi connectivity index (χ0n) is 15.7. The van der Waals surface area contributed by atoms with Gasteiger partial charge in [0.15, 0.2) is 15.0 Å². The van der Waals surface area contributed by atoms with Gasteiger partial charge < -0.3 is 19.9 Å². The summed E-state index contributed by atoms with van der Waals surface area (Å²) in [6.45, 7) is 2.08. The third-order valence-corrected chi connectivity index (χ3v) is 7.53. The molecule has 0 aliphatic carbocycles. The van der Waals surface area contributed by atoms with Gasteiger partial charge in [0.25, 0.3) is 0 Å². The molecular weight excluding hydrogens is 406 g/mol. The summed E-state index contributed by atoms with van der Waals surface area (Å²) in [5.41, 5.74) is 0.867. The van der Waals surface area contributed by atoms with Gasteiger partial charge >= 0.3 is 12.0 Å². The van der Waals surface area contributed by atoms with Crippen molar-refractivity contribution >= 4 is 33.6 Å². The van der Waals surface area contributed by atoms with Crippen LogP contribution in [0.15, 0.2) is 16.4 Å². The van der Waals surface area contributed by atoms with E-state index in [4.69, 9.17) is 4.74 Å². The molecule has 2 aliphatic heterocycles. The van der Waals surface area contributed by atoms with Gasteiger partial charge in [-0.3, -0.25) is 0 Å². The highest BCUT2D eigenvalue weighted by atomic mass is 32.2. The minimum atomic E-state index is -2.93. The normalized spacial score (nSPS) is 21.4. The van der Waals surface area contributed by atoms with Crippen molar-refractivity contribution in [1.82, 2.24) is 25.4 Å². The van der Waals surface area contributed by atoms with E-state index in [9.17, 15) is 18.0 Å². The molecule has 154 valence electrons. The van der Waals surface area contributed by atoms with E-state index in [0.29, 0.717) is 35.0 Å². The van der Waals surface area contributed by atoms with Crippen molar-refractivity contribution in [2.45, 2.75) is 24.9 Å². The maximum absolute atomic E-state index is 12.1. The molecule has 0 spiro atoms. The van der Waals surface area contributed by atoms with E-state index in [1.165, 1.54) is 11.8 Å². The molecule has 1 aromatic heterocycles. The van der Waals surface area contributed by atoms with Crippen molar-refractivity contribution in [3.63, 3.8) is 0 Å².